The minimum absolute atomic E-state index is 0.273. The summed E-state index contributed by atoms with van der Waals surface area (Å²) in [4.78, 5) is 13.9. The molecule has 0 radical (unpaired) electrons. The summed E-state index contributed by atoms with van der Waals surface area (Å²) in [6, 6.07) is 13.2. The van der Waals surface area contributed by atoms with Crippen molar-refractivity contribution in [3.05, 3.63) is 52.9 Å². The zero-order valence-electron chi connectivity index (χ0n) is 19.1. The van der Waals surface area contributed by atoms with Gasteiger partial charge < -0.3 is 29.6 Å². The lowest BCUT2D eigenvalue weighted by atomic mass is 10.0. The Morgan fingerprint density at radius 2 is 1.64 bits per heavy atom. The van der Waals surface area contributed by atoms with Crippen LogP contribution in [0.15, 0.2) is 42.5 Å². The first-order chi connectivity index (χ1) is 15.9. The Bertz CT molecular complexity index is 1120. The summed E-state index contributed by atoms with van der Waals surface area (Å²) in [7, 11) is 4.63. The Labute approximate surface area is 202 Å². The number of methoxy groups -OCH3 is 3. The summed E-state index contributed by atoms with van der Waals surface area (Å²) < 4.78 is 21.5. The zero-order chi connectivity index (χ0) is 24.0. The van der Waals surface area contributed by atoms with Gasteiger partial charge in [0, 0.05) is 28.3 Å². The van der Waals surface area contributed by atoms with Crippen LogP contribution in [-0.4, -0.2) is 39.0 Å². The van der Waals surface area contributed by atoms with Crippen LogP contribution in [-0.2, 0) is 4.74 Å². The molecular formula is C24H26N2O5S2. The van der Waals surface area contributed by atoms with Crippen LogP contribution in [0.4, 0.5) is 10.7 Å². The second kappa shape index (κ2) is 11.0. The molecule has 0 aliphatic rings. The molecule has 0 spiro atoms. The molecule has 1 heterocycles. The van der Waals surface area contributed by atoms with E-state index < -0.39 is 5.97 Å². The topological polar surface area (TPSA) is 78.1 Å². The van der Waals surface area contributed by atoms with Crippen molar-refractivity contribution in [3.8, 4) is 28.4 Å². The molecule has 7 nitrogen and oxygen atoms in total. The van der Waals surface area contributed by atoms with Gasteiger partial charge in [-0.25, -0.2) is 4.79 Å². The highest BCUT2D eigenvalue weighted by Gasteiger charge is 2.25. The van der Waals surface area contributed by atoms with Crippen LogP contribution in [0.1, 0.15) is 22.2 Å². The van der Waals surface area contributed by atoms with Crippen LogP contribution in [0.3, 0.4) is 0 Å². The van der Waals surface area contributed by atoms with E-state index >= 15 is 0 Å². The molecule has 33 heavy (non-hydrogen) atoms. The third kappa shape index (κ3) is 5.37. The number of hydrogen-bond donors (Lipinski definition) is 2. The van der Waals surface area contributed by atoms with E-state index in [0.717, 1.165) is 16.0 Å². The maximum absolute atomic E-state index is 12.9. The van der Waals surface area contributed by atoms with Gasteiger partial charge in [-0.15, -0.1) is 11.3 Å². The maximum atomic E-state index is 12.9. The number of esters is 1. The van der Waals surface area contributed by atoms with E-state index in [-0.39, 0.29) is 6.61 Å². The van der Waals surface area contributed by atoms with E-state index in [0.29, 0.717) is 38.6 Å². The number of ether oxygens (including phenoxy) is 4. The summed E-state index contributed by atoms with van der Waals surface area (Å²) in [5.41, 5.74) is 2.86. The lowest BCUT2D eigenvalue weighted by molar-refractivity contribution is 0.0529. The van der Waals surface area contributed by atoms with Gasteiger partial charge in [-0.3, -0.25) is 0 Å². The molecule has 0 aliphatic carbocycles. The SMILES string of the molecule is CCOC(=O)c1c(NC(=S)Nc2cc(OC)c(OC)c(OC)c2)sc(C)c1-c1ccccc1. The molecule has 174 valence electrons. The molecule has 3 rings (SSSR count). The molecule has 0 bridgehead atoms. The number of anilines is 2. The third-order valence-corrected chi connectivity index (χ3v) is 6.00. The minimum Gasteiger partial charge on any atom is -0.493 e. The first kappa shape index (κ1) is 24.3. The monoisotopic (exact) mass is 486 g/mol. The van der Waals surface area contributed by atoms with E-state index in [1.54, 1.807) is 40.4 Å². The molecule has 0 unspecified atom stereocenters. The number of benzene rings is 2. The van der Waals surface area contributed by atoms with Crippen molar-refractivity contribution in [1.82, 2.24) is 0 Å². The van der Waals surface area contributed by atoms with Crippen LogP contribution in [0.25, 0.3) is 11.1 Å². The standard InChI is InChI=1S/C24H26N2O5S2/c1-6-31-23(27)20-19(15-10-8-7-9-11-15)14(2)33-22(20)26-24(32)25-16-12-17(28-3)21(30-5)18(13-16)29-4/h7-13H,6H2,1-5H3,(H2,25,26,32). The second-order valence-electron chi connectivity index (χ2n) is 6.82. The summed E-state index contributed by atoms with van der Waals surface area (Å²) >= 11 is 6.98. The molecule has 0 saturated carbocycles. The van der Waals surface area contributed by atoms with E-state index in [4.69, 9.17) is 31.2 Å². The molecule has 2 aromatic carbocycles. The summed E-state index contributed by atoms with van der Waals surface area (Å²) in [6.07, 6.45) is 0. The van der Waals surface area contributed by atoms with Gasteiger partial charge in [-0.05, 0) is 31.6 Å². The summed E-state index contributed by atoms with van der Waals surface area (Å²) in [6.45, 7) is 4.02. The Hall–Kier alpha value is -3.30. The number of aryl methyl sites for hydroxylation is 1. The number of nitrogens with one attached hydrogen (secondary N) is 2. The van der Waals surface area contributed by atoms with Crippen LogP contribution in [0.2, 0.25) is 0 Å². The quantitative estimate of drug-likeness (QED) is 0.309. The molecule has 0 amide bonds. The van der Waals surface area contributed by atoms with Crippen molar-refractivity contribution in [1.29, 1.82) is 0 Å². The van der Waals surface area contributed by atoms with Gasteiger partial charge in [0.15, 0.2) is 16.6 Å². The van der Waals surface area contributed by atoms with Gasteiger partial charge in [-0.2, -0.15) is 0 Å². The van der Waals surface area contributed by atoms with Crippen molar-refractivity contribution >= 4 is 45.3 Å². The number of hydrogen-bond acceptors (Lipinski definition) is 7. The molecule has 0 saturated heterocycles. The largest absolute Gasteiger partial charge is 0.493 e. The molecule has 0 fully saturated rings. The fourth-order valence-electron chi connectivity index (χ4n) is 3.40. The lowest BCUT2D eigenvalue weighted by Gasteiger charge is -2.16. The first-order valence-electron chi connectivity index (χ1n) is 10.2. The van der Waals surface area contributed by atoms with Crippen LogP contribution < -0.4 is 24.8 Å². The second-order valence-corrected chi connectivity index (χ2v) is 8.45. The summed E-state index contributed by atoms with van der Waals surface area (Å²) in [5.74, 6) is 1.06. The van der Waals surface area contributed by atoms with Crippen LogP contribution in [0.5, 0.6) is 17.2 Å². The maximum Gasteiger partial charge on any atom is 0.341 e. The fraction of sp³-hybridized carbons (Fsp3) is 0.250. The smallest absolute Gasteiger partial charge is 0.341 e. The average Bonchev–Trinajstić information content (AvgIpc) is 3.14. The highest BCUT2D eigenvalue weighted by Crippen LogP contribution is 2.42. The molecule has 9 heteroatoms. The Morgan fingerprint density at radius 3 is 2.18 bits per heavy atom. The highest BCUT2D eigenvalue weighted by molar-refractivity contribution is 7.80. The van der Waals surface area contributed by atoms with Gasteiger partial charge in [-0.1, -0.05) is 30.3 Å². The highest BCUT2D eigenvalue weighted by atomic mass is 32.1. The van der Waals surface area contributed by atoms with Crippen LogP contribution in [0, 0.1) is 6.92 Å². The van der Waals surface area contributed by atoms with Gasteiger partial charge in [0.05, 0.1) is 27.9 Å². The number of carbonyl (C=O) groups is 1. The molecule has 0 atom stereocenters. The Balaban J connectivity index is 1.94. The number of thiocarbonyl (C=S) groups is 1. The van der Waals surface area contributed by atoms with Crippen molar-refractivity contribution in [2.45, 2.75) is 13.8 Å². The van der Waals surface area contributed by atoms with Crippen molar-refractivity contribution in [3.63, 3.8) is 0 Å². The normalized spacial score (nSPS) is 10.3. The number of rotatable bonds is 8. The molecule has 3 aromatic rings. The molecule has 1 aromatic heterocycles. The molecule has 2 N–H and O–H groups in total. The first-order valence-corrected chi connectivity index (χ1v) is 11.4. The number of thiophene rings is 1. The van der Waals surface area contributed by atoms with Gasteiger partial charge >= 0.3 is 5.97 Å². The van der Waals surface area contributed by atoms with Crippen molar-refractivity contribution in [2.75, 3.05) is 38.6 Å². The number of carbonyl (C=O) groups excluding carboxylic acids is 1. The van der Waals surface area contributed by atoms with E-state index in [9.17, 15) is 4.79 Å². The minimum atomic E-state index is -0.404. The van der Waals surface area contributed by atoms with Crippen molar-refractivity contribution < 1.29 is 23.7 Å². The predicted octanol–water partition coefficient (Wildman–Crippen LogP) is 5.73. The Kier molecular flexibility index (Phi) is 8.13. The zero-order valence-corrected chi connectivity index (χ0v) is 20.7. The third-order valence-electron chi connectivity index (χ3n) is 4.78. The van der Waals surface area contributed by atoms with E-state index in [1.165, 1.54) is 11.3 Å². The summed E-state index contributed by atoms with van der Waals surface area (Å²) in [5, 5.41) is 7.18. The average molecular weight is 487 g/mol. The fourth-order valence-corrected chi connectivity index (χ4v) is 4.76. The molecule has 0 aliphatic heterocycles. The Morgan fingerprint density at radius 1 is 1.00 bits per heavy atom. The van der Waals surface area contributed by atoms with E-state index in [2.05, 4.69) is 10.6 Å². The van der Waals surface area contributed by atoms with Crippen molar-refractivity contribution in [2.24, 2.45) is 0 Å². The van der Waals surface area contributed by atoms with Gasteiger partial charge in [0.25, 0.3) is 0 Å². The van der Waals surface area contributed by atoms with Gasteiger partial charge in [0.1, 0.15) is 10.6 Å². The van der Waals surface area contributed by atoms with Gasteiger partial charge in [0.2, 0.25) is 5.75 Å². The lowest BCUT2D eigenvalue weighted by Crippen LogP contribution is -2.20. The van der Waals surface area contributed by atoms with E-state index in [1.807, 2.05) is 37.3 Å². The molecular weight excluding hydrogens is 460 g/mol. The van der Waals surface area contributed by atoms with Crippen LogP contribution >= 0.6 is 23.6 Å². The predicted molar refractivity (Wildman–Crippen MR) is 136 cm³/mol.